The highest BCUT2D eigenvalue weighted by molar-refractivity contribution is 5.74. The van der Waals surface area contributed by atoms with E-state index >= 15 is 0 Å². The van der Waals surface area contributed by atoms with Crippen LogP contribution >= 0.6 is 0 Å². The molecule has 3 heterocycles. The zero-order valence-electron chi connectivity index (χ0n) is 13.8. The molecular formula is C20H23N3O. The third kappa shape index (κ3) is 2.29. The molecule has 2 N–H and O–H groups in total. The van der Waals surface area contributed by atoms with Crippen molar-refractivity contribution in [3.63, 3.8) is 0 Å². The molecule has 3 aliphatic rings. The molecule has 0 saturated carbocycles. The lowest BCUT2D eigenvalue weighted by Crippen LogP contribution is -2.44. The Morgan fingerprint density at radius 2 is 2.04 bits per heavy atom. The minimum atomic E-state index is 0.600. The van der Waals surface area contributed by atoms with Gasteiger partial charge in [0.25, 0.3) is 0 Å². The van der Waals surface area contributed by atoms with Gasteiger partial charge in [-0.3, -0.25) is 0 Å². The van der Waals surface area contributed by atoms with Crippen molar-refractivity contribution in [2.75, 3.05) is 36.5 Å². The van der Waals surface area contributed by atoms with Gasteiger partial charge < -0.3 is 20.3 Å². The molecule has 0 amide bonds. The van der Waals surface area contributed by atoms with Crippen LogP contribution in [0.1, 0.15) is 23.5 Å². The molecule has 0 bridgehead atoms. The van der Waals surface area contributed by atoms with Crippen LogP contribution in [0.5, 0.6) is 0 Å². The van der Waals surface area contributed by atoms with Crippen molar-refractivity contribution < 1.29 is 4.74 Å². The summed E-state index contributed by atoms with van der Waals surface area (Å²) in [6, 6.07) is 15.7. The molecule has 4 heteroatoms. The summed E-state index contributed by atoms with van der Waals surface area (Å²) < 4.78 is 5.88. The SMILES string of the molecule is c1ccc(Nc2cc3c4c(c2)[C@@H]2CNCC[C@@H]2N4CCOC3)cc1. The second-order valence-corrected chi connectivity index (χ2v) is 6.98. The Kier molecular flexibility index (Phi) is 3.46. The lowest BCUT2D eigenvalue weighted by atomic mass is 9.89. The maximum Gasteiger partial charge on any atom is 0.0738 e. The Hall–Kier alpha value is -2.04. The second-order valence-electron chi connectivity index (χ2n) is 6.98. The number of piperidine rings is 1. The van der Waals surface area contributed by atoms with Gasteiger partial charge in [0.15, 0.2) is 0 Å². The number of para-hydroxylation sites is 1. The van der Waals surface area contributed by atoms with E-state index in [4.69, 9.17) is 4.74 Å². The molecule has 124 valence electrons. The first-order valence-corrected chi connectivity index (χ1v) is 8.94. The highest BCUT2D eigenvalue weighted by atomic mass is 16.5. The van der Waals surface area contributed by atoms with Crippen LogP contribution in [0.2, 0.25) is 0 Å². The van der Waals surface area contributed by atoms with Gasteiger partial charge in [0.1, 0.15) is 0 Å². The largest absolute Gasteiger partial charge is 0.375 e. The van der Waals surface area contributed by atoms with Crippen LogP contribution in [-0.2, 0) is 11.3 Å². The third-order valence-corrected chi connectivity index (χ3v) is 5.55. The smallest absolute Gasteiger partial charge is 0.0738 e. The molecule has 0 spiro atoms. The van der Waals surface area contributed by atoms with E-state index in [2.05, 4.69) is 51.9 Å². The highest BCUT2D eigenvalue weighted by Crippen LogP contribution is 2.47. The second kappa shape index (κ2) is 5.80. The molecule has 0 unspecified atom stereocenters. The van der Waals surface area contributed by atoms with Gasteiger partial charge in [0.05, 0.1) is 13.2 Å². The molecule has 24 heavy (non-hydrogen) atoms. The number of benzene rings is 2. The number of nitrogens with one attached hydrogen (secondary N) is 2. The summed E-state index contributed by atoms with van der Waals surface area (Å²) in [5.74, 6) is 0.600. The molecule has 0 aromatic heterocycles. The van der Waals surface area contributed by atoms with E-state index < -0.39 is 0 Å². The van der Waals surface area contributed by atoms with Crippen LogP contribution < -0.4 is 15.5 Å². The first kappa shape index (κ1) is 14.3. The average molecular weight is 321 g/mol. The standard InChI is InChI=1S/C20H23N3O/c1-2-4-15(5-3-1)22-16-10-14-13-24-9-8-23-19-6-7-21-12-18(19)17(11-16)20(14)23/h1-5,10-11,18-19,21-22H,6-9,12-13H2/t18-,19-/m0/s1. The summed E-state index contributed by atoms with van der Waals surface area (Å²) in [6.45, 7) is 4.77. The summed E-state index contributed by atoms with van der Waals surface area (Å²) in [5, 5.41) is 7.16. The Bertz CT molecular complexity index is 746. The summed E-state index contributed by atoms with van der Waals surface area (Å²) in [5.41, 5.74) is 6.58. The molecule has 3 aliphatic heterocycles. The lowest BCUT2D eigenvalue weighted by Gasteiger charge is -2.33. The fourth-order valence-corrected chi connectivity index (χ4v) is 4.55. The van der Waals surface area contributed by atoms with E-state index in [0.29, 0.717) is 12.0 Å². The molecule has 1 saturated heterocycles. The van der Waals surface area contributed by atoms with Crippen LogP contribution in [-0.4, -0.2) is 32.3 Å². The maximum atomic E-state index is 5.88. The van der Waals surface area contributed by atoms with E-state index in [9.17, 15) is 0 Å². The summed E-state index contributed by atoms with van der Waals surface area (Å²) in [6.07, 6.45) is 1.22. The van der Waals surface area contributed by atoms with Crippen LogP contribution in [0.4, 0.5) is 17.1 Å². The topological polar surface area (TPSA) is 36.5 Å². The maximum absolute atomic E-state index is 5.88. The van der Waals surface area contributed by atoms with Crippen LogP contribution in [0.25, 0.3) is 0 Å². The van der Waals surface area contributed by atoms with Gasteiger partial charge in [-0.05, 0) is 42.8 Å². The molecule has 4 nitrogen and oxygen atoms in total. The normalized spacial score (nSPS) is 24.9. The molecule has 5 rings (SSSR count). The lowest BCUT2D eigenvalue weighted by molar-refractivity contribution is 0.130. The van der Waals surface area contributed by atoms with Gasteiger partial charge >= 0.3 is 0 Å². The molecule has 0 aliphatic carbocycles. The van der Waals surface area contributed by atoms with Gasteiger partial charge in [-0.1, -0.05) is 18.2 Å². The van der Waals surface area contributed by atoms with Crippen molar-refractivity contribution in [3.8, 4) is 0 Å². The Morgan fingerprint density at radius 3 is 2.96 bits per heavy atom. The number of ether oxygens (including phenoxy) is 1. The Morgan fingerprint density at radius 1 is 1.12 bits per heavy atom. The zero-order valence-corrected chi connectivity index (χ0v) is 13.8. The minimum absolute atomic E-state index is 0.600. The van der Waals surface area contributed by atoms with Crippen molar-refractivity contribution in [3.05, 3.63) is 53.6 Å². The first-order valence-electron chi connectivity index (χ1n) is 8.94. The summed E-state index contributed by atoms with van der Waals surface area (Å²) in [4.78, 5) is 2.62. The minimum Gasteiger partial charge on any atom is -0.375 e. The van der Waals surface area contributed by atoms with Crippen LogP contribution in [0, 0.1) is 0 Å². The quantitative estimate of drug-likeness (QED) is 0.890. The van der Waals surface area contributed by atoms with Crippen molar-refractivity contribution in [1.82, 2.24) is 5.32 Å². The Labute approximate surface area is 142 Å². The van der Waals surface area contributed by atoms with Gasteiger partial charge in [-0.2, -0.15) is 0 Å². The number of hydrogen-bond acceptors (Lipinski definition) is 4. The molecule has 0 radical (unpaired) electrons. The van der Waals surface area contributed by atoms with Gasteiger partial charge in [-0.15, -0.1) is 0 Å². The Balaban J connectivity index is 1.58. The van der Waals surface area contributed by atoms with Crippen molar-refractivity contribution in [2.45, 2.75) is 25.0 Å². The van der Waals surface area contributed by atoms with Crippen LogP contribution in [0.3, 0.4) is 0 Å². The molecule has 2 atom stereocenters. The van der Waals surface area contributed by atoms with E-state index in [1.54, 1.807) is 0 Å². The highest BCUT2D eigenvalue weighted by Gasteiger charge is 2.41. The van der Waals surface area contributed by atoms with Crippen molar-refractivity contribution >= 4 is 17.1 Å². The number of fused-ring (bicyclic) bond motifs is 3. The molecular weight excluding hydrogens is 298 g/mol. The zero-order chi connectivity index (χ0) is 15.9. The number of anilines is 3. The van der Waals surface area contributed by atoms with Crippen molar-refractivity contribution in [2.24, 2.45) is 0 Å². The van der Waals surface area contributed by atoms with E-state index in [-0.39, 0.29) is 0 Å². The van der Waals surface area contributed by atoms with Gasteiger partial charge in [0, 0.05) is 47.7 Å². The molecule has 2 aromatic carbocycles. The predicted molar refractivity (Wildman–Crippen MR) is 97.2 cm³/mol. The predicted octanol–water partition coefficient (Wildman–Crippen LogP) is 3.23. The number of nitrogens with zero attached hydrogens (tertiary/aromatic N) is 1. The average Bonchev–Trinajstić information content (AvgIpc) is 2.78. The van der Waals surface area contributed by atoms with Crippen molar-refractivity contribution in [1.29, 1.82) is 0 Å². The number of rotatable bonds is 2. The summed E-state index contributed by atoms with van der Waals surface area (Å²) >= 11 is 0. The third-order valence-electron chi connectivity index (χ3n) is 5.55. The first-order chi connectivity index (χ1) is 11.9. The summed E-state index contributed by atoms with van der Waals surface area (Å²) in [7, 11) is 0. The fourth-order valence-electron chi connectivity index (χ4n) is 4.55. The van der Waals surface area contributed by atoms with E-state index in [0.717, 1.165) is 38.5 Å². The van der Waals surface area contributed by atoms with Gasteiger partial charge in [0.2, 0.25) is 0 Å². The monoisotopic (exact) mass is 321 g/mol. The molecule has 1 fully saturated rings. The van der Waals surface area contributed by atoms with E-state index in [1.165, 1.54) is 28.9 Å². The molecule has 2 aromatic rings. The van der Waals surface area contributed by atoms with Gasteiger partial charge in [-0.25, -0.2) is 0 Å². The van der Waals surface area contributed by atoms with E-state index in [1.807, 2.05) is 6.07 Å². The number of hydrogen-bond donors (Lipinski definition) is 2. The van der Waals surface area contributed by atoms with Crippen LogP contribution in [0.15, 0.2) is 42.5 Å². The fraction of sp³-hybridized carbons (Fsp3) is 0.400.